The lowest BCUT2D eigenvalue weighted by Gasteiger charge is -2.36. The van der Waals surface area contributed by atoms with Crippen molar-refractivity contribution in [3.8, 4) is 5.75 Å². The van der Waals surface area contributed by atoms with E-state index in [0.29, 0.717) is 12.1 Å². The van der Waals surface area contributed by atoms with Gasteiger partial charge in [-0.1, -0.05) is 19.1 Å². The van der Waals surface area contributed by atoms with Gasteiger partial charge in [0.1, 0.15) is 5.75 Å². The van der Waals surface area contributed by atoms with E-state index in [1.54, 1.807) is 7.11 Å². The monoisotopic (exact) mass is 290 g/mol. The summed E-state index contributed by atoms with van der Waals surface area (Å²) in [5.41, 5.74) is 1.30. The molecule has 0 spiro atoms. The minimum atomic E-state index is 0.354. The molecule has 0 aromatic heterocycles. The quantitative estimate of drug-likeness (QED) is 0.868. The number of nitrogens with zero attached hydrogens (tertiary/aromatic N) is 1. The standard InChI is InChI=1S/C18H30N2O/c1-5-20-11-7-9-17(13-20)15(3)19-14(2)16-8-6-10-18(12-16)21-4/h6,8,10,12,14-15,17,19H,5,7,9,11,13H2,1-4H3. The first-order valence-corrected chi connectivity index (χ1v) is 8.26. The molecule has 3 nitrogen and oxygen atoms in total. The number of methoxy groups -OCH3 is 1. The minimum absolute atomic E-state index is 0.354. The molecular formula is C18H30N2O. The number of likely N-dealkylation sites (tertiary alicyclic amines) is 1. The SMILES string of the molecule is CCN1CCCC(C(C)NC(C)c2cccc(OC)c2)C1. The highest BCUT2D eigenvalue weighted by atomic mass is 16.5. The second-order valence-electron chi connectivity index (χ2n) is 6.25. The summed E-state index contributed by atoms with van der Waals surface area (Å²) >= 11 is 0. The van der Waals surface area contributed by atoms with Crippen molar-refractivity contribution >= 4 is 0 Å². The zero-order valence-electron chi connectivity index (χ0n) is 13.9. The Morgan fingerprint density at radius 3 is 2.90 bits per heavy atom. The van der Waals surface area contributed by atoms with E-state index in [0.717, 1.165) is 11.7 Å². The first kappa shape index (κ1) is 16.3. The largest absolute Gasteiger partial charge is 0.497 e. The Morgan fingerprint density at radius 1 is 1.38 bits per heavy atom. The Bertz CT molecular complexity index is 435. The number of rotatable bonds is 6. The van der Waals surface area contributed by atoms with Gasteiger partial charge in [-0.2, -0.15) is 0 Å². The van der Waals surface area contributed by atoms with Crippen LogP contribution >= 0.6 is 0 Å². The zero-order chi connectivity index (χ0) is 15.2. The van der Waals surface area contributed by atoms with Gasteiger partial charge in [-0.3, -0.25) is 0 Å². The second kappa shape index (κ2) is 7.81. The molecule has 0 bridgehead atoms. The molecular weight excluding hydrogens is 260 g/mol. The Kier molecular flexibility index (Phi) is 6.07. The van der Waals surface area contributed by atoms with Crippen LogP contribution in [0.15, 0.2) is 24.3 Å². The molecule has 0 radical (unpaired) electrons. The van der Waals surface area contributed by atoms with Crippen LogP contribution in [0.1, 0.15) is 45.2 Å². The van der Waals surface area contributed by atoms with Gasteiger partial charge < -0.3 is 15.0 Å². The number of ether oxygens (including phenoxy) is 1. The van der Waals surface area contributed by atoms with Gasteiger partial charge in [-0.05, 0) is 63.4 Å². The van der Waals surface area contributed by atoms with E-state index in [9.17, 15) is 0 Å². The Morgan fingerprint density at radius 2 is 2.19 bits per heavy atom. The van der Waals surface area contributed by atoms with E-state index < -0.39 is 0 Å². The minimum Gasteiger partial charge on any atom is -0.497 e. The van der Waals surface area contributed by atoms with Crippen molar-refractivity contribution in [1.82, 2.24) is 10.2 Å². The van der Waals surface area contributed by atoms with Gasteiger partial charge in [0.15, 0.2) is 0 Å². The molecule has 118 valence electrons. The molecule has 0 amide bonds. The first-order chi connectivity index (χ1) is 10.1. The molecule has 1 aliphatic rings. The van der Waals surface area contributed by atoms with Crippen LogP contribution in [0.4, 0.5) is 0 Å². The molecule has 1 heterocycles. The molecule has 1 aromatic rings. The maximum Gasteiger partial charge on any atom is 0.119 e. The van der Waals surface area contributed by atoms with Gasteiger partial charge in [0, 0.05) is 18.6 Å². The average Bonchev–Trinajstić information content (AvgIpc) is 2.54. The molecule has 3 heteroatoms. The van der Waals surface area contributed by atoms with Crippen molar-refractivity contribution in [3.05, 3.63) is 29.8 Å². The summed E-state index contributed by atoms with van der Waals surface area (Å²) in [5.74, 6) is 1.69. The molecule has 3 atom stereocenters. The molecule has 1 fully saturated rings. The fraction of sp³-hybridized carbons (Fsp3) is 0.667. The molecule has 1 aliphatic heterocycles. The van der Waals surface area contributed by atoms with Gasteiger partial charge in [-0.15, -0.1) is 0 Å². The Labute approximate surface area is 129 Å². The van der Waals surface area contributed by atoms with Crippen molar-refractivity contribution in [3.63, 3.8) is 0 Å². The maximum absolute atomic E-state index is 5.32. The van der Waals surface area contributed by atoms with Gasteiger partial charge >= 0.3 is 0 Å². The molecule has 21 heavy (non-hydrogen) atoms. The molecule has 1 aromatic carbocycles. The summed E-state index contributed by atoms with van der Waals surface area (Å²) in [6.07, 6.45) is 2.67. The number of hydrogen-bond acceptors (Lipinski definition) is 3. The third-order valence-electron chi connectivity index (χ3n) is 4.80. The second-order valence-corrected chi connectivity index (χ2v) is 6.25. The summed E-state index contributed by atoms with van der Waals surface area (Å²) in [6.45, 7) is 10.5. The molecule has 1 saturated heterocycles. The van der Waals surface area contributed by atoms with Gasteiger partial charge in [0.2, 0.25) is 0 Å². The van der Waals surface area contributed by atoms with E-state index in [1.807, 2.05) is 6.07 Å². The van der Waals surface area contributed by atoms with Crippen LogP contribution < -0.4 is 10.1 Å². The number of piperidine rings is 1. The highest BCUT2D eigenvalue weighted by Crippen LogP contribution is 2.23. The van der Waals surface area contributed by atoms with Crippen LogP contribution in [0, 0.1) is 5.92 Å². The third-order valence-corrected chi connectivity index (χ3v) is 4.80. The lowest BCUT2D eigenvalue weighted by molar-refractivity contribution is 0.153. The van der Waals surface area contributed by atoms with Gasteiger partial charge in [0.25, 0.3) is 0 Å². The normalized spacial score (nSPS) is 22.8. The van der Waals surface area contributed by atoms with Crippen LogP contribution in [0.25, 0.3) is 0 Å². The summed E-state index contributed by atoms with van der Waals surface area (Å²) in [4.78, 5) is 2.57. The molecule has 1 N–H and O–H groups in total. The zero-order valence-corrected chi connectivity index (χ0v) is 13.9. The van der Waals surface area contributed by atoms with Crippen molar-refractivity contribution < 1.29 is 4.74 Å². The predicted octanol–water partition coefficient (Wildman–Crippen LogP) is 3.47. The van der Waals surface area contributed by atoms with Crippen molar-refractivity contribution in [2.24, 2.45) is 5.92 Å². The third kappa shape index (κ3) is 4.45. The number of hydrogen-bond donors (Lipinski definition) is 1. The lowest BCUT2D eigenvalue weighted by atomic mass is 9.90. The van der Waals surface area contributed by atoms with Crippen LogP contribution in [0.2, 0.25) is 0 Å². The summed E-state index contributed by atoms with van der Waals surface area (Å²) < 4.78 is 5.32. The van der Waals surface area contributed by atoms with Crippen LogP contribution in [-0.4, -0.2) is 37.7 Å². The average molecular weight is 290 g/mol. The smallest absolute Gasteiger partial charge is 0.119 e. The van der Waals surface area contributed by atoms with E-state index in [4.69, 9.17) is 4.74 Å². The summed E-state index contributed by atoms with van der Waals surface area (Å²) in [7, 11) is 1.72. The van der Waals surface area contributed by atoms with Crippen LogP contribution in [-0.2, 0) is 0 Å². The lowest BCUT2D eigenvalue weighted by Crippen LogP contribution is -2.44. The fourth-order valence-corrected chi connectivity index (χ4v) is 3.32. The fourth-order valence-electron chi connectivity index (χ4n) is 3.32. The molecule has 3 unspecified atom stereocenters. The highest BCUT2D eigenvalue weighted by Gasteiger charge is 2.24. The maximum atomic E-state index is 5.32. The van der Waals surface area contributed by atoms with Crippen molar-refractivity contribution in [1.29, 1.82) is 0 Å². The van der Waals surface area contributed by atoms with E-state index >= 15 is 0 Å². The van der Waals surface area contributed by atoms with Crippen molar-refractivity contribution in [2.45, 2.75) is 45.7 Å². The van der Waals surface area contributed by atoms with Crippen LogP contribution in [0.5, 0.6) is 5.75 Å². The predicted molar refractivity (Wildman–Crippen MR) is 88.8 cm³/mol. The van der Waals surface area contributed by atoms with E-state index in [-0.39, 0.29) is 0 Å². The van der Waals surface area contributed by atoms with E-state index in [1.165, 1.54) is 38.0 Å². The number of benzene rings is 1. The topological polar surface area (TPSA) is 24.5 Å². The van der Waals surface area contributed by atoms with Gasteiger partial charge in [-0.25, -0.2) is 0 Å². The first-order valence-electron chi connectivity index (χ1n) is 8.26. The number of nitrogens with one attached hydrogen (secondary N) is 1. The Hall–Kier alpha value is -1.06. The van der Waals surface area contributed by atoms with E-state index in [2.05, 4.69) is 49.2 Å². The highest BCUT2D eigenvalue weighted by molar-refractivity contribution is 5.30. The molecule has 2 rings (SSSR count). The van der Waals surface area contributed by atoms with Gasteiger partial charge in [0.05, 0.1) is 7.11 Å². The van der Waals surface area contributed by atoms with Crippen molar-refractivity contribution in [2.75, 3.05) is 26.7 Å². The molecule has 0 aliphatic carbocycles. The van der Waals surface area contributed by atoms with Crippen LogP contribution in [0.3, 0.4) is 0 Å². The molecule has 0 saturated carbocycles. The summed E-state index contributed by atoms with van der Waals surface area (Å²) in [5, 5.41) is 3.78. The Balaban J connectivity index is 1.93. The summed E-state index contributed by atoms with van der Waals surface area (Å²) in [6, 6.07) is 9.26.